The van der Waals surface area contributed by atoms with Crippen molar-refractivity contribution in [1.82, 2.24) is 4.90 Å². The van der Waals surface area contributed by atoms with Crippen LogP contribution < -0.4 is 10.6 Å². The maximum Gasteiger partial charge on any atom is 0.290 e. The molecule has 0 unspecified atom stereocenters. The number of likely N-dealkylation sites (N-methyl/N-ethyl adjacent to an activating group) is 1. The van der Waals surface area contributed by atoms with Gasteiger partial charge in [0.05, 0.1) is 6.54 Å². The normalized spacial score (nSPS) is 17.8. The number of hydrogen-bond donors (Lipinski definition) is 1. The lowest BCUT2D eigenvalue weighted by atomic mass is 10.1. The number of rotatable bonds is 3. The number of furan rings is 1. The van der Waals surface area contributed by atoms with E-state index in [0.717, 1.165) is 18.5 Å². The molecule has 1 amide bonds. The third-order valence-corrected chi connectivity index (χ3v) is 4.47. The number of nitrogens with two attached hydrogens (primary N) is 1. The molecular formula is C18H23N3O2. The van der Waals surface area contributed by atoms with Gasteiger partial charge in [-0.1, -0.05) is 25.1 Å². The lowest BCUT2D eigenvalue weighted by Gasteiger charge is -2.30. The molecule has 0 aliphatic carbocycles. The molecule has 23 heavy (non-hydrogen) atoms. The highest BCUT2D eigenvalue weighted by Crippen LogP contribution is 2.28. The zero-order valence-corrected chi connectivity index (χ0v) is 13.7. The molecule has 0 fully saturated rings. The number of benzene rings is 1. The van der Waals surface area contributed by atoms with Crippen molar-refractivity contribution >= 4 is 11.6 Å². The summed E-state index contributed by atoms with van der Waals surface area (Å²) in [7, 11) is 2.08. The quantitative estimate of drug-likeness (QED) is 0.946. The van der Waals surface area contributed by atoms with Crippen LogP contribution in [0.4, 0.5) is 5.69 Å². The second-order valence-corrected chi connectivity index (χ2v) is 5.97. The van der Waals surface area contributed by atoms with Crippen LogP contribution in [0.2, 0.25) is 0 Å². The Morgan fingerprint density at radius 1 is 1.30 bits per heavy atom. The van der Waals surface area contributed by atoms with Gasteiger partial charge in [0.1, 0.15) is 5.76 Å². The van der Waals surface area contributed by atoms with Crippen LogP contribution in [-0.2, 0) is 13.1 Å². The molecule has 1 atom stereocenters. The van der Waals surface area contributed by atoms with Crippen LogP contribution in [0.5, 0.6) is 0 Å². The van der Waals surface area contributed by atoms with Crippen LogP contribution in [0.25, 0.3) is 0 Å². The van der Waals surface area contributed by atoms with E-state index in [0.29, 0.717) is 24.6 Å². The summed E-state index contributed by atoms with van der Waals surface area (Å²) in [6.45, 7) is 3.82. The highest BCUT2D eigenvalue weighted by molar-refractivity contribution is 5.92. The maximum atomic E-state index is 12.9. The molecule has 2 heterocycles. The maximum absolute atomic E-state index is 12.9. The molecule has 0 radical (unpaired) electrons. The second kappa shape index (κ2) is 6.46. The molecule has 0 saturated heterocycles. The van der Waals surface area contributed by atoms with Crippen LogP contribution in [0.1, 0.15) is 35.2 Å². The van der Waals surface area contributed by atoms with Gasteiger partial charge >= 0.3 is 0 Å². The van der Waals surface area contributed by atoms with E-state index in [1.165, 1.54) is 5.69 Å². The minimum atomic E-state index is -0.0679. The number of anilines is 1. The Kier molecular flexibility index (Phi) is 4.39. The summed E-state index contributed by atoms with van der Waals surface area (Å²) in [6.07, 6.45) is 0.897. The smallest absolute Gasteiger partial charge is 0.290 e. The van der Waals surface area contributed by atoms with Crippen molar-refractivity contribution in [3.8, 4) is 0 Å². The van der Waals surface area contributed by atoms with Crippen molar-refractivity contribution in [2.24, 2.45) is 5.73 Å². The molecule has 122 valence electrons. The lowest BCUT2D eigenvalue weighted by molar-refractivity contribution is 0.0633. The van der Waals surface area contributed by atoms with Crippen molar-refractivity contribution in [2.75, 3.05) is 18.5 Å². The first kappa shape index (κ1) is 15.6. The fourth-order valence-corrected chi connectivity index (χ4v) is 3.17. The summed E-state index contributed by atoms with van der Waals surface area (Å²) in [5.74, 6) is 0.932. The first-order valence-corrected chi connectivity index (χ1v) is 8.02. The summed E-state index contributed by atoms with van der Waals surface area (Å²) < 4.78 is 5.57. The third-order valence-electron chi connectivity index (χ3n) is 4.47. The number of carbonyl (C=O) groups excluding carboxylic acids is 1. The van der Waals surface area contributed by atoms with Crippen LogP contribution in [0.3, 0.4) is 0 Å². The summed E-state index contributed by atoms with van der Waals surface area (Å²) in [5.41, 5.74) is 7.92. The van der Waals surface area contributed by atoms with Gasteiger partial charge in [0.25, 0.3) is 5.91 Å². The zero-order valence-electron chi connectivity index (χ0n) is 13.7. The Morgan fingerprint density at radius 2 is 2.09 bits per heavy atom. The highest BCUT2D eigenvalue weighted by Gasteiger charge is 2.30. The van der Waals surface area contributed by atoms with Gasteiger partial charge in [-0.15, -0.1) is 0 Å². The van der Waals surface area contributed by atoms with E-state index in [2.05, 4.69) is 31.0 Å². The van der Waals surface area contributed by atoms with Gasteiger partial charge in [0.15, 0.2) is 5.76 Å². The van der Waals surface area contributed by atoms with E-state index in [4.69, 9.17) is 10.2 Å². The summed E-state index contributed by atoms with van der Waals surface area (Å²) in [4.78, 5) is 17.1. The Bertz CT molecular complexity index is 695. The van der Waals surface area contributed by atoms with Crippen molar-refractivity contribution in [3.63, 3.8) is 0 Å². The lowest BCUT2D eigenvalue weighted by Crippen LogP contribution is -2.43. The monoisotopic (exact) mass is 313 g/mol. The van der Waals surface area contributed by atoms with Crippen molar-refractivity contribution < 1.29 is 9.21 Å². The minimum Gasteiger partial charge on any atom is -0.455 e. The number of nitrogens with zero attached hydrogens (tertiary/aromatic N) is 2. The molecule has 1 aromatic heterocycles. The Morgan fingerprint density at radius 3 is 2.78 bits per heavy atom. The van der Waals surface area contributed by atoms with Gasteiger partial charge < -0.3 is 20.0 Å². The van der Waals surface area contributed by atoms with E-state index in [-0.39, 0.29) is 11.9 Å². The molecule has 5 nitrogen and oxygen atoms in total. The Labute approximate surface area is 136 Å². The molecule has 0 spiro atoms. The van der Waals surface area contributed by atoms with E-state index >= 15 is 0 Å². The van der Waals surface area contributed by atoms with Crippen LogP contribution in [0, 0.1) is 0 Å². The molecule has 5 heteroatoms. The highest BCUT2D eigenvalue weighted by atomic mass is 16.4. The van der Waals surface area contributed by atoms with Crippen molar-refractivity contribution in [1.29, 1.82) is 0 Å². The number of hydrogen-bond acceptors (Lipinski definition) is 4. The summed E-state index contributed by atoms with van der Waals surface area (Å²) >= 11 is 0. The molecule has 1 aromatic carbocycles. The van der Waals surface area contributed by atoms with Gasteiger partial charge in [-0.05, 0) is 30.2 Å². The van der Waals surface area contributed by atoms with Crippen LogP contribution in [0.15, 0.2) is 40.8 Å². The first-order valence-electron chi connectivity index (χ1n) is 8.02. The summed E-state index contributed by atoms with van der Waals surface area (Å²) in [5, 5.41) is 0. The molecule has 0 saturated carbocycles. The predicted molar refractivity (Wildman–Crippen MR) is 90.3 cm³/mol. The number of para-hydroxylation sites is 1. The van der Waals surface area contributed by atoms with Crippen LogP contribution >= 0.6 is 0 Å². The standard InChI is InChI=1S/C18H23N3O2/c1-3-14-12-20(2)16-7-5-4-6-13(16)11-21(14)18(22)17-9-8-15(10-19)23-17/h4-9,14H,3,10-12,19H2,1-2H3/t14-/m0/s1. The molecular weight excluding hydrogens is 290 g/mol. The second-order valence-electron chi connectivity index (χ2n) is 5.97. The summed E-state index contributed by atoms with van der Waals surface area (Å²) in [6, 6.07) is 11.9. The fourth-order valence-electron chi connectivity index (χ4n) is 3.17. The van der Waals surface area contributed by atoms with E-state index in [1.54, 1.807) is 12.1 Å². The number of amides is 1. The largest absolute Gasteiger partial charge is 0.455 e. The zero-order chi connectivity index (χ0) is 16.4. The average Bonchev–Trinajstić information content (AvgIpc) is 3.01. The Balaban J connectivity index is 1.94. The SMILES string of the molecule is CC[C@H]1CN(C)c2ccccc2CN1C(=O)c1ccc(CN)o1. The van der Waals surface area contributed by atoms with Crippen molar-refractivity contribution in [3.05, 3.63) is 53.5 Å². The molecule has 0 bridgehead atoms. The van der Waals surface area contributed by atoms with E-state index < -0.39 is 0 Å². The molecule has 1 aliphatic heterocycles. The van der Waals surface area contributed by atoms with Crippen LogP contribution in [-0.4, -0.2) is 30.4 Å². The third kappa shape index (κ3) is 2.97. The fraction of sp³-hybridized carbons (Fsp3) is 0.389. The van der Waals surface area contributed by atoms with Gasteiger partial charge in [-0.3, -0.25) is 4.79 Å². The van der Waals surface area contributed by atoms with E-state index in [1.807, 2.05) is 17.0 Å². The number of carbonyl (C=O) groups is 1. The van der Waals surface area contributed by atoms with E-state index in [9.17, 15) is 4.79 Å². The van der Waals surface area contributed by atoms with Gasteiger partial charge in [0, 0.05) is 31.9 Å². The first-order chi connectivity index (χ1) is 11.1. The minimum absolute atomic E-state index is 0.0679. The average molecular weight is 313 g/mol. The van der Waals surface area contributed by atoms with Gasteiger partial charge in [-0.2, -0.15) is 0 Å². The molecule has 2 N–H and O–H groups in total. The topological polar surface area (TPSA) is 62.7 Å². The van der Waals surface area contributed by atoms with Crippen molar-refractivity contribution in [2.45, 2.75) is 32.5 Å². The van der Waals surface area contributed by atoms with Gasteiger partial charge in [-0.25, -0.2) is 0 Å². The number of fused-ring (bicyclic) bond motifs is 1. The molecule has 2 aromatic rings. The molecule has 3 rings (SSSR count). The predicted octanol–water partition coefficient (Wildman–Crippen LogP) is 2.61. The van der Waals surface area contributed by atoms with Gasteiger partial charge in [0.2, 0.25) is 0 Å². The Hall–Kier alpha value is -2.27. The molecule has 1 aliphatic rings.